The van der Waals surface area contributed by atoms with Crippen LogP contribution in [0.1, 0.15) is 22.1 Å². The lowest BCUT2D eigenvalue weighted by Gasteiger charge is -2.10. The van der Waals surface area contributed by atoms with Crippen molar-refractivity contribution in [3.63, 3.8) is 0 Å². The molecule has 1 aromatic carbocycles. The van der Waals surface area contributed by atoms with Crippen molar-refractivity contribution in [3.05, 3.63) is 54.9 Å². The summed E-state index contributed by atoms with van der Waals surface area (Å²) in [6, 6.07) is 4.81. The molecule has 1 atom stereocenters. The second-order valence-corrected chi connectivity index (χ2v) is 6.26. The molecule has 2 rings (SSSR count). The molecule has 96 valence electrons. The van der Waals surface area contributed by atoms with Crippen molar-refractivity contribution in [1.82, 2.24) is 0 Å². The van der Waals surface area contributed by atoms with E-state index in [-0.39, 0.29) is 12.2 Å². The van der Waals surface area contributed by atoms with Crippen LogP contribution in [0.2, 0.25) is 5.02 Å². The number of benzene rings is 1. The number of hydrogen-bond donors (Lipinski definition) is 1. The lowest BCUT2D eigenvalue weighted by molar-refractivity contribution is 0.181. The van der Waals surface area contributed by atoms with Gasteiger partial charge in [0.05, 0.1) is 16.0 Å². The Kier molecular flexibility index (Phi) is 4.43. The summed E-state index contributed by atoms with van der Waals surface area (Å²) >= 11 is 10.7. The summed E-state index contributed by atoms with van der Waals surface area (Å²) < 4.78 is 14.3. The van der Waals surface area contributed by atoms with Gasteiger partial charge in [0.15, 0.2) is 0 Å². The van der Waals surface area contributed by atoms with E-state index in [1.165, 1.54) is 17.4 Å². The molecule has 0 saturated carbocycles. The van der Waals surface area contributed by atoms with E-state index >= 15 is 0 Å². The maximum Gasteiger partial charge on any atom is 0.127 e. The molecule has 2 aromatic rings. The van der Waals surface area contributed by atoms with Gasteiger partial charge in [0.2, 0.25) is 0 Å². The molecule has 0 aliphatic rings. The summed E-state index contributed by atoms with van der Waals surface area (Å²) in [5.74, 6) is -0.326. The third-order valence-corrected chi connectivity index (χ3v) is 4.96. The summed E-state index contributed by atoms with van der Waals surface area (Å²) in [5, 5.41) is 12.6. The summed E-state index contributed by atoms with van der Waals surface area (Å²) in [5.41, 5.74) is 1.42. The van der Waals surface area contributed by atoms with Gasteiger partial charge in [-0.3, -0.25) is 0 Å². The highest BCUT2D eigenvalue weighted by Crippen LogP contribution is 2.34. The van der Waals surface area contributed by atoms with Crippen molar-refractivity contribution in [2.24, 2.45) is 0 Å². The fourth-order valence-corrected chi connectivity index (χ4v) is 3.30. The molecular weight excluding hydrogens is 339 g/mol. The first-order chi connectivity index (χ1) is 8.49. The Morgan fingerprint density at radius 3 is 2.78 bits per heavy atom. The SMILES string of the molecule is Cc1csc(C(O)Cc2ccc(Br)cc2F)c1Cl. The fraction of sp³-hybridized carbons (Fsp3) is 0.231. The normalized spacial score (nSPS) is 12.7. The zero-order valence-electron chi connectivity index (χ0n) is 9.58. The molecule has 18 heavy (non-hydrogen) atoms. The Morgan fingerprint density at radius 1 is 1.50 bits per heavy atom. The van der Waals surface area contributed by atoms with E-state index < -0.39 is 6.10 Å². The van der Waals surface area contributed by atoms with E-state index in [9.17, 15) is 9.50 Å². The highest BCUT2D eigenvalue weighted by molar-refractivity contribution is 9.10. The lowest BCUT2D eigenvalue weighted by Crippen LogP contribution is -2.02. The Balaban J connectivity index is 2.21. The minimum absolute atomic E-state index is 0.221. The van der Waals surface area contributed by atoms with Crippen LogP contribution >= 0.6 is 38.9 Å². The minimum atomic E-state index is -0.771. The van der Waals surface area contributed by atoms with Crippen molar-refractivity contribution >= 4 is 38.9 Å². The molecular formula is C13H11BrClFOS. The Morgan fingerprint density at radius 2 is 2.22 bits per heavy atom. The van der Waals surface area contributed by atoms with Crippen LogP contribution in [0.15, 0.2) is 28.1 Å². The van der Waals surface area contributed by atoms with Crippen LogP contribution in [0.5, 0.6) is 0 Å². The Bertz CT molecular complexity index is 570. The lowest BCUT2D eigenvalue weighted by atomic mass is 10.1. The van der Waals surface area contributed by atoms with Crippen molar-refractivity contribution in [2.75, 3.05) is 0 Å². The molecule has 0 bridgehead atoms. The second kappa shape index (κ2) is 5.70. The van der Waals surface area contributed by atoms with Crippen LogP contribution in [0.3, 0.4) is 0 Å². The smallest absolute Gasteiger partial charge is 0.127 e. The summed E-state index contributed by atoms with van der Waals surface area (Å²) in [4.78, 5) is 0.691. The molecule has 1 unspecified atom stereocenters. The van der Waals surface area contributed by atoms with Gasteiger partial charge in [-0.25, -0.2) is 4.39 Å². The van der Waals surface area contributed by atoms with E-state index in [0.717, 1.165) is 5.56 Å². The zero-order chi connectivity index (χ0) is 13.3. The molecule has 1 nitrogen and oxygen atoms in total. The highest BCUT2D eigenvalue weighted by Gasteiger charge is 2.17. The van der Waals surface area contributed by atoms with Gasteiger partial charge in [-0.05, 0) is 35.6 Å². The Hall–Kier alpha value is -0.420. The fourth-order valence-electron chi connectivity index (χ4n) is 1.66. The summed E-state index contributed by atoms with van der Waals surface area (Å²) in [6.07, 6.45) is -0.550. The number of halogens is 3. The molecule has 0 amide bonds. The first-order valence-corrected chi connectivity index (χ1v) is 7.39. The van der Waals surface area contributed by atoms with Gasteiger partial charge in [0, 0.05) is 10.9 Å². The molecule has 0 aliphatic carbocycles. The minimum Gasteiger partial charge on any atom is -0.387 e. The summed E-state index contributed by atoms with van der Waals surface area (Å²) in [7, 11) is 0. The van der Waals surface area contributed by atoms with E-state index in [1.807, 2.05) is 12.3 Å². The number of thiophene rings is 1. The van der Waals surface area contributed by atoms with Gasteiger partial charge in [0.25, 0.3) is 0 Å². The predicted octanol–water partition coefficient (Wildman–Crippen LogP) is 4.89. The number of aliphatic hydroxyl groups excluding tert-OH is 1. The van der Waals surface area contributed by atoms with Crippen LogP contribution < -0.4 is 0 Å². The van der Waals surface area contributed by atoms with Crippen molar-refractivity contribution in [1.29, 1.82) is 0 Å². The van der Waals surface area contributed by atoms with Crippen LogP contribution in [0.25, 0.3) is 0 Å². The van der Waals surface area contributed by atoms with Crippen LogP contribution in [0, 0.1) is 12.7 Å². The molecule has 0 radical (unpaired) electrons. The molecule has 5 heteroatoms. The van der Waals surface area contributed by atoms with Gasteiger partial charge in [-0.2, -0.15) is 0 Å². The van der Waals surface area contributed by atoms with Crippen molar-refractivity contribution in [3.8, 4) is 0 Å². The van der Waals surface area contributed by atoms with Crippen molar-refractivity contribution < 1.29 is 9.50 Å². The second-order valence-electron chi connectivity index (χ2n) is 4.05. The first kappa shape index (κ1) is 14.0. The zero-order valence-corrected chi connectivity index (χ0v) is 12.7. The monoisotopic (exact) mass is 348 g/mol. The van der Waals surface area contributed by atoms with Gasteiger partial charge >= 0.3 is 0 Å². The van der Waals surface area contributed by atoms with Gasteiger partial charge in [0.1, 0.15) is 5.82 Å². The van der Waals surface area contributed by atoms with E-state index in [0.29, 0.717) is 19.9 Å². The number of rotatable bonds is 3. The molecule has 0 aliphatic heterocycles. The topological polar surface area (TPSA) is 20.2 Å². The average molecular weight is 350 g/mol. The van der Waals surface area contributed by atoms with E-state index in [2.05, 4.69) is 15.9 Å². The first-order valence-electron chi connectivity index (χ1n) is 5.34. The Labute approximate surface area is 122 Å². The predicted molar refractivity (Wildman–Crippen MR) is 76.8 cm³/mol. The molecule has 1 heterocycles. The van der Waals surface area contributed by atoms with Crippen LogP contribution in [0.4, 0.5) is 4.39 Å². The van der Waals surface area contributed by atoms with Crippen LogP contribution in [-0.4, -0.2) is 5.11 Å². The molecule has 0 fully saturated rings. The van der Waals surface area contributed by atoms with Gasteiger partial charge in [-0.15, -0.1) is 11.3 Å². The maximum absolute atomic E-state index is 13.7. The van der Waals surface area contributed by atoms with Crippen molar-refractivity contribution in [2.45, 2.75) is 19.4 Å². The van der Waals surface area contributed by atoms with Gasteiger partial charge < -0.3 is 5.11 Å². The third-order valence-electron chi connectivity index (χ3n) is 2.66. The number of aliphatic hydroxyl groups is 1. The number of hydrogen-bond acceptors (Lipinski definition) is 2. The van der Waals surface area contributed by atoms with Crippen LogP contribution in [-0.2, 0) is 6.42 Å². The van der Waals surface area contributed by atoms with E-state index in [1.54, 1.807) is 12.1 Å². The standard InChI is InChI=1S/C13H11BrClFOS/c1-7-6-18-13(12(7)15)11(17)4-8-2-3-9(14)5-10(8)16/h2-3,5-6,11,17H,4H2,1H3. The highest BCUT2D eigenvalue weighted by atomic mass is 79.9. The molecule has 0 spiro atoms. The number of aryl methyl sites for hydroxylation is 1. The molecule has 0 saturated heterocycles. The van der Waals surface area contributed by atoms with E-state index in [4.69, 9.17) is 11.6 Å². The quantitative estimate of drug-likeness (QED) is 0.836. The maximum atomic E-state index is 13.7. The molecule has 1 N–H and O–H groups in total. The third kappa shape index (κ3) is 2.94. The summed E-state index contributed by atoms with van der Waals surface area (Å²) in [6.45, 7) is 1.88. The largest absolute Gasteiger partial charge is 0.387 e. The molecule has 1 aromatic heterocycles. The average Bonchev–Trinajstić information content (AvgIpc) is 2.64. The van der Waals surface area contributed by atoms with Gasteiger partial charge in [-0.1, -0.05) is 33.6 Å².